The van der Waals surface area contributed by atoms with E-state index in [0.29, 0.717) is 10.4 Å². The Morgan fingerprint density at radius 3 is 3.00 bits per heavy atom. The van der Waals surface area contributed by atoms with Crippen LogP contribution in [0.15, 0.2) is 27.6 Å². The minimum atomic E-state index is -3.32. The van der Waals surface area contributed by atoms with E-state index in [9.17, 15) is 8.76 Å². The van der Waals surface area contributed by atoms with Crippen molar-refractivity contribution in [2.75, 3.05) is 0 Å². The first-order valence-corrected chi connectivity index (χ1v) is 5.25. The van der Waals surface area contributed by atoms with Crippen LogP contribution in [-0.2, 0) is 9.99 Å². The van der Waals surface area contributed by atoms with Gasteiger partial charge < -0.3 is 0 Å². The summed E-state index contributed by atoms with van der Waals surface area (Å²) < 4.78 is 24.3. The average molecular weight is 217 g/mol. The first kappa shape index (κ1) is 8.68. The van der Waals surface area contributed by atoms with Gasteiger partial charge in [0.2, 0.25) is 0 Å². The molecule has 4 nitrogen and oxygen atoms in total. The van der Waals surface area contributed by atoms with Gasteiger partial charge in [0.05, 0.1) is 5.36 Å². The highest BCUT2D eigenvalue weighted by Gasteiger charge is 2.05. The summed E-state index contributed by atoms with van der Waals surface area (Å²) in [5.74, 6) is 0. The molecule has 0 bridgehead atoms. The van der Waals surface area contributed by atoms with Gasteiger partial charge in [-0.2, -0.15) is 4.40 Å². The van der Waals surface area contributed by atoms with E-state index in [0.717, 1.165) is 6.34 Å². The molecule has 1 aliphatic rings. The summed E-state index contributed by atoms with van der Waals surface area (Å²) in [6.07, 6.45) is 1.08. The molecule has 0 radical (unpaired) electrons. The topological polar surface area (TPSA) is 62.0 Å². The highest BCUT2D eigenvalue weighted by Crippen LogP contribution is 2.07. The minimum absolute atomic E-state index is 0.169. The molecule has 1 atom stereocenters. The van der Waals surface area contributed by atoms with E-state index in [2.05, 4.69) is 9.39 Å². The van der Waals surface area contributed by atoms with Gasteiger partial charge in [0.15, 0.2) is 9.99 Å². The Balaban J connectivity index is 3.13. The smallest absolute Gasteiger partial charge is 0.198 e. The summed E-state index contributed by atoms with van der Waals surface area (Å²) in [6, 6.07) is 4.59. The van der Waals surface area contributed by atoms with Crippen molar-refractivity contribution < 1.29 is 8.76 Å². The van der Waals surface area contributed by atoms with Crippen molar-refractivity contribution in [2.24, 2.45) is 9.39 Å². The number of nitrogens with zero attached hydrogens (tertiary/aromatic N) is 2. The summed E-state index contributed by atoms with van der Waals surface area (Å²) in [5, 5.41) is 0.833. The van der Waals surface area contributed by atoms with E-state index in [4.69, 9.17) is 11.6 Å². The molecule has 1 aliphatic heterocycles. The molecule has 68 valence electrons. The fraction of sp³-hybridized carbons (Fsp3) is 0. The van der Waals surface area contributed by atoms with Crippen molar-refractivity contribution in [3.8, 4) is 0 Å². The third kappa shape index (κ3) is 1.46. The Kier molecular flexibility index (Phi) is 1.87. The van der Waals surface area contributed by atoms with Crippen molar-refractivity contribution in [2.45, 2.75) is 0 Å². The van der Waals surface area contributed by atoms with Gasteiger partial charge in [0.1, 0.15) is 10.8 Å². The molecular formula is C7H5ClN2O2S. The lowest BCUT2D eigenvalue weighted by Gasteiger charge is -2.00. The van der Waals surface area contributed by atoms with Gasteiger partial charge in [0, 0.05) is 5.02 Å². The molecular weight excluding hydrogens is 212 g/mol. The standard InChI is InChI=1S/C7H5ClN2O2S/c8-5-1-2-6-7(3-5)13(11,12)10-4-9-6/h1-4H,(H,9,10,11,12). The summed E-state index contributed by atoms with van der Waals surface area (Å²) in [5.41, 5.74) is 0. The Bertz CT molecular complexity index is 587. The number of hydrogen-bond donors (Lipinski definition) is 1. The SMILES string of the molecule is O=S1(O)=c2cc(Cl)ccc2=NC=N1. The fourth-order valence-electron chi connectivity index (χ4n) is 1.01. The van der Waals surface area contributed by atoms with Gasteiger partial charge >= 0.3 is 0 Å². The van der Waals surface area contributed by atoms with Crippen LogP contribution in [0.1, 0.15) is 0 Å². The summed E-state index contributed by atoms with van der Waals surface area (Å²) in [6.45, 7) is 0. The lowest BCUT2D eigenvalue weighted by Crippen LogP contribution is -2.13. The van der Waals surface area contributed by atoms with E-state index < -0.39 is 9.99 Å². The van der Waals surface area contributed by atoms with Crippen LogP contribution in [-0.4, -0.2) is 15.1 Å². The predicted molar refractivity (Wildman–Crippen MR) is 50.7 cm³/mol. The lowest BCUT2D eigenvalue weighted by molar-refractivity contribution is 0.557. The molecule has 1 aromatic carbocycles. The van der Waals surface area contributed by atoms with Crippen molar-refractivity contribution in [3.63, 3.8) is 0 Å². The summed E-state index contributed by atoms with van der Waals surface area (Å²) in [7, 11) is -3.32. The maximum atomic E-state index is 11.4. The second-order valence-corrected chi connectivity index (χ2v) is 4.54. The summed E-state index contributed by atoms with van der Waals surface area (Å²) >= 11 is 5.67. The normalized spacial score (nSPS) is 25.1. The Morgan fingerprint density at radius 2 is 2.23 bits per heavy atom. The molecule has 1 N–H and O–H groups in total. The molecule has 2 rings (SSSR count). The molecule has 6 heteroatoms. The lowest BCUT2D eigenvalue weighted by atomic mass is 10.3. The highest BCUT2D eigenvalue weighted by atomic mass is 35.5. The van der Waals surface area contributed by atoms with Crippen LogP contribution in [0.3, 0.4) is 0 Å². The molecule has 0 aliphatic carbocycles. The predicted octanol–water partition coefficient (Wildman–Crippen LogP) is 0.925. The number of benzene rings is 1. The number of hydrogen-bond acceptors (Lipinski definition) is 2. The van der Waals surface area contributed by atoms with Crippen LogP contribution in [0.4, 0.5) is 0 Å². The molecule has 1 heterocycles. The molecule has 0 saturated heterocycles. The maximum absolute atomic E-state index is 11.4. The van der Waals surface area contributed by atoms with Crippen molar-refractivity contribution in [3.05, 3.63) is 33.1 Å². The monoisotopic (exact) mass is 216 g/mol. The average Bonchev–Trinajstić information content (AvgIpc) is 2.06. The molecule has 0 spiro atoms. The second kappa shape index (κ2) is 2.80. The van der Waals surface area contributed by atoms with Crippen molar-refractivity contribution >= 4 is 27.9 Å². The Hall–Kier alpha value is -0.910. The quantitative estimate of drug-likeness (QED) is 0.656. The van der Waals surface area contributed by atoms with Crippen LogP contribution in [0.2, 0.25) is 5.02 Å². The van der Waals surface area contributed by atoms with Crippen LogP contribution >= 0.6 is 11.6 Å². The first-order valence-electron chi connectivity index (χ1n) is 3.40. The molecule has 13 heavy (non-hydrogen) atoms. The van der Waals surface area contributed by atoms with Crippen LogP contribution in [0, 0.1) is 4.51 Å². The largest absolute Gasteiger partial charge is 0.296 e. The molecule has 0 aromatic heterocycles. The van der Waals surface area contributed by atoms with E-state index in [1.807, 2.05) is 0 Å². The van der Waals surface area contributed by atoms with Crippen LogP contribution in [0.5, 0.6) is 0 Å². The van der Waals surface area contributed by atoms with E-state index in [1.165, 1.54) is 6.07 Å². The first-order chi connectivity index (χ1) is 6.09. The molecule has 1 aromatic rings. The molecule has 0 amide bonds. The van der Waals surface area contributed by atoms with E-state index >= 15 is 0 Å². The molecule has 0 saturated carbocycles. The zero-order valence-corrected chi connectivity index (χ0v) is 7.92. The number of fused-ring (bicyclic) bond motifs is 1. The van der Waals surface area contributed by atoms with Gasteiger partial charge in [0.25, 0.3) is 0 Å². The van der Waals surface area contributed by atoms with E-state index in [-0.39, 0.29) is 4.51 Å². The van der Waals surface area contributed by atoms with E-state index in [1.54, 1.807) is 12.1 Å². The van der Waals surface area contributed by atoms with Gasteiger partial charge in [-0.1, -0.05) is 11.6 Å². The third-order valence-corrected chi connectivity index (χ3v) is 3.11. The Labute approximate surface area is 79.6 Å². The number of rotatable bonds is 0. The molecule has 0 fully saturated rings. The van der Waals surface area contributed by atoms with Gasteiger partial charge in [-0.25, -0.2) is 9.20 Å². The maximum Gasteiger partial charge on any atom is 0.198 e. The van der Waals surface area contributed by atoms with Gasteiger partial charge in [-0.05, 0) is 18.2 Å². The minimum Gasteiger partial charge on any atom is -0.296 e. The van der Waals surface area contributed by atoms with Crippen molar-refractivity contribution in [1.29, 1.82) is 0 Å². The van der Waals surface area contributed by atoms with Crippen LogP contribution < -0.4 is 5.36 Å². The second-order valence-electron chi connectivity index (χ2n) is 2.46. The van der Waals surface area contributed by atoms with Crippen LogP contribution in [0.25, 0.3) is 0 Å². The van der Waals surface area contributed by atoms with Crippen molar-refractivity contribution in [1.82, 2.24) is 0 Å². The number of halogens is 1. The van der Waals surface area contributed by atoms with Gasteiger partial charge in [-0.15, -0.1) is 0 Å². The highest BCUT2D eigenvalue weighted by molar-refractivity contribution is 7.88. The Morgan fingerprint density at radius 1 is 1.46 bits per heavy atom. The molecule has 1 unspecified atom stereocenters. The zero-order chi connectivity index (χ0) is 9.47. The fourth-order valence-corrected chi connectivity index (χ4v) is 2.21. The summed E-state index contributed by atoms with van der Waals surface area (Å²) in [4.78, 5) is 3.84. The zero-order valence-electron chi connectivity index (χ0n) is 6.35. The third-order valence-electron chi connectivity index (χ3n) is 1.60. The van der Waals surface area contributed by atoms with Gasteiger partial charge in [-0.3, -0.25) is 4.55 Å².